The van der Waals surface area contributed by atoms with Gasteiger partial charge in [0.15, 0.2) is 11.5 Å². The fourth-order valence-corrected chi connectivity index (χ4v) is 3.98. The van der Waals surface area contributed by atoms with E-state index in [1.807, 2.05) is 43.3 Å². The van der Waals surface area contributed by atoms with Crippen molar-refractivity contribution in [2.24, 2.45) is 0 Å². The second-order valence-corrected chi connectivity index (χ2v) is 8.21. The fourth-order valence-electron chi connectivity index (χ4n) is 3.98. The predicted octanol–water partition coefficient (Wildman–Crippen LogP) is 6.32. The van der Waals surface area contributed by atoms with Gasteiger partial charge in [0.25, 0.3) is 0 Å². The van der Waals surface area contributed by atoms with Gasteiger partial charge in [0.05, 0.1) is 38.3 Å². The Bertz CT molecular complexity index is 1320. The molecule has 9 heteroatoms. The monoisotopic (exact) mass is 497 g/mol. The van der Waals surface area contributed by atoms with Gasteiger partial charge >= 0.3 is 6.18 Å². The van der Waals surface area contributed by atoms with E-state index in [9.17, 15) is 13.2 Å². The third kappa shape index (κ3) is 4.68. The molecule has 4 rings (SSSR count). The van der Waals surface area contributed by atoms with E-state index in [0.717, 1.165) is 23.4 Å². The molecule has 6 nitrogen and oxygen atoms in total. The maximum atomic E-state index is 13.1. The molecule has 0 spiro atoms. The van der Waals surface area contributed by atoms with Gasteiger partial charge in [0.1, 0.15) is 6.33 Å². The largest absolute Gasteiger partial charge is 0.493 e. The molecular formula is C27H26F3N3O3. The Labute approximate surface area is 207 Å². The van der Waals surface area contributed by atoms with Gasteiger partial charge in [-0.1, -0.05) is 12.1 Å². The normalized spacial score (nSPS) is 11.3. The lowest BCUT2D eigenvalue weighted by Gasteiger charge is -2.16. The van der Waals surface area contributed by atoms with Crippen molar-refractivity contribution in [2.75, 3.05) is 40.3 Å². The number of anilines is 1. The van der Waals surface area contributed by atoms with Crippen molar-refractivity contribution >= 4 is 5.69 Å². The number of imidazole rings is 1. The second kappa shape index (κ2) is 9.85. The Hall–Kier alpha value is -4.14. The zero-order valence-corrected chi connectivity index (χ0v) is 20.6. The Morgan fingerprint density at radius 1 is 0.778 bits per heavy atom. The molecular weight excluding hydrogens is 471 g/mol. The van der Waals surface area contributed by atoms with Crippen molar-refractivity contribution in [1.82, 2.24) is 9.55 Å². The molecule has 0 aliphatic rings. The number of alkyl halides is 3. The highest BCUT2D eigenvalue weighted by molar-refractivity contribution is 5.82. The summed E-state index contributed by atoms with van der Waals surface area (Å²) in [7, 11) is 8.48. The van der Waals surface area contributed by atoms with E-state index in [-0.39, 0.29) is 0 Å². The van der Waals surface area contributed by atoms with E-state index < -0.39 is 11.7 Å². The molecule has 0 saturated heterocycles. The molecule has 0 amide bonds. The average Bonchev–Trinajstić information content (AvgIpc) is 3.32. The Morgan fingerprint density at radius 2 is 1.36 bits per heavy atom. The van der Waals surface area contributed by atoms with Crippen LogP contribution in [0.4, 0.5) is 18.9 Å². The van der Waals surface area contributed by atoms with Crippen LogP contribution >= 0.6 is 0 Å². The van der Waals surface area contributed by atoms with Crippen molar-refractivity contribution in [2.45, 2.75) is 6.18 Å². The lowest BCUT2D eigenvalue weighted by atomic mass is 10.0. The molecule has 3 aromatic carbocycles. The quantitative estimate of drug-likeness (QED) is 0.299. The molecule has 0 radical (unpaired) electrons. The highest BCUT2D eigenvalue weighted by atomic mass is 19.4. The minimum Gasteiger partial charge on any atom is -0.493 e. The molecule has 0 aliphatic heterocycles. The van der Waals surface area contributed by atoms with Gasteiger partial charge in [-0.2, -0.15) is 13.2 Å². The summed E-state index contributed by atoms with van der Waals surface area (Å²) in [6.07, 6.45) is -2.82. The summed E-state index contributed by atoms with van der Waals surface area (Å²) in [6.45, 7) is 0. The van der Waals surface area contributed by atoms with Gasteiger partial charge in [-0.15, -0.1) is 0 Å². The number of aromatic nitrogens is 2. The lowest BCUT2D eigenvalue weighted by molar-refractivity contribution is -0.137. The fraction of sp³-hybridized carbons (Fsp3) is 0.222. The molecule has 4 aromatic rings. The first-order valence-electron chi connectivity index (χ1n) is 11.0. The highest BCUT2D eigenvalue weighted by Crippen LogP contribution is 2.43. The number of methoxy groups -OCH3 is 3. The van der Waals surface area contributed by atoms with Crippen LogP contribution in [0.25, 0.3) is 28.2 Å². The average molecular weight is 498 g/mol. The summed E-state index contributed by atoms with van der Waals surface area (Å²) in [5.41, 5.74) is 3.67. The molecule has 0 unspecified atom stereocenters. The standard InChI is InChI=1S/C27H26F3N3O3/c1-32(2)20-10-6-17(7-11-20)25-24(18-14-22(34-3)26(36-5)23(15-18)35-4)31-16-33(25)21-12-8-19(9-13-21)27(28,29)30/h6-16H,1-5H3. The lowest BCUT2D eigenvalue weighted by Crippen LogP contribution is -2.08. The maximum Gasteiger partial charge on any atom is 0.416 e. The Balaban J connectivity index is 1.93. The number of nitrogens with zero attached hydrogens (tertiary/aromatic N) is 3. The maximum absolute atomic E-state index is 13.1. The van der Waals surface area contributed by atoms with Gasteiger partial charge in [-0.25, -0.2) is 4.98 Å². The van der Waals surface area contributed by atoms with Crippen LogP contribution in [0.5, 0.6) is 17.2 Å². The molecule has 1 heterocycles. The summed E-state index contributed by atoms with van der Waals surface area (Å²) in [6, 6.07) is 16.4. The molecule has 188 valence electrons. The number of benzene rings is 3. The first-order chi connectivity index (χ1) is 17.2. The van der Waals surface area contributed by atoms with Gasteiger partial charge in [-0.05, 0) is 48.5 Å². The number of hydrogen-bond acceptors (Lipinski definition) is 5. The van der Waals surface area contributed by atoms with Crippen LogP contribution in [0, 0.1) is 0 Å². The minimum atomic E-state index is -4.42. The smallest absolute Gasteiger partial charge is 0.416 e. The molecule has 1 aromatic heterocycles. The second-order valence-electron chi connectivity index (χ2n) is 8.21. The molecule has 0 atom stereocenters. The number of ether oxygens (including phenoxy) is 3. The first kappa shape index (κ1) is 25.0. The van der Waals surface area contributed by atoms with Crippen molar-refractivity contribution in [3.8, 4) is 45.5 Å². The molecule has 0 fully saturated rings. The Morgan fingerprint density at radius 3 is 1.83 bits per heavy atom. The van der Waals surface area contributed by atoms with Crippen molar-refractivity contribution < 1.29 is 27.4 Å². The summed E-state index contributed by atoms with van der Waals surface area (Å²) < 4.78 is 57.7. The molecule has 0 bridgehead atoms. The topological polar surface area (TPSA) is 48.8 Å². The van der Waals surface area contributed by atoms with Gasteiger partial charge in [0, 0.05) is 36.6 Å². The van der Waals surface area contributed by atoms with Crippen LogP contribution in [-0.2, 0) is 6.18 Å². The van der Waals surface area contributed by atoms with E-state index in [2.05, 4.69) is 4.98 Å². The van der Waals surface area contributed by atoms with Crippen LogP contribution < -0.4 is 19.1 Å². The van der Waals surface area contributed by atoms with Crippen LogP contribution in [0.3, 0.4) is 0 Å². The number of rotatable bonds is 7. The summed E-state index contributed by atoms with van der Waals surface area (Å²) in [5, 5.41) is 0. The van der Waals surface area contributed by atoms with Gasteiger partial charge in [0.2, 0.25) is 5.75 Å². The van der Waals surface area contributed by atoms with Crippen molar-refractivity contribution in [1.29, 1.82) is 0 Å². The van der Waals surface area contributed by atoms with Crippen LogP contribution in [0.15, 0.2) is 67.0 Å². The van der Waals surface area contributed by atoms with Gasteiger partial charge in [-0.3, -0.25) is 4.57 Å². The zero-order valence-electron chi connectivity index (χ0n) is 20.6. The molecule has 0 saturated carbocycles. The molecule has 0 aliphatic carbocycles. The Kier molecular flexibility index (Phi) is 6.83. The highest BCUT2D eigenvalue weighted by Gasteiger charge is 2.30. The molecule has 36 heavy (non-hydrogen) atoms. The van der Waals surface area contributed by atoms with Crippen LogP contribution in [0.1, 0.15) is 5.56 Å². The van der Waals surface area contributed by atoms with E-state index in [4.69, 9.17) is 14.2 Å². The third-order valence-electron chi connectivity index (χ3n) is 5.84. The van der Waals surface area contributed by atoms with Crippen LogP contribution in [0.2, 0.25) is 0 Å². The number of hydrogen-bond donors (Lipinski definition) is 0. The van der Waals surface area contributed by atoms with Gasteiger partial charge < -0.3 is 19.1 Å². The van der Waals surface area contributed by atoms with E-state index in [1.54, 1.807) is 23.0 Å². The number of halogens is 3. The zero-order chi connectivity index (χ0) is 26.0. The first-order valence-corrected chi connectivity index (χ1v) is 11.0. The van der Waals surface area contributed by atoms with Crippen molar-refractivity contribution in [3.63, 3.8) is 0 Å². The van der Waals surface area contributed by atoms with Crippen LogP contribution in [-0.4, -0.2) is 45.0 Å². The SMILES string of the molecule is COc1cc(-c2ncn(-c3ccc(C(F)(F)F)cc3)c2-c2ccc(N(C)C)cc2)cc(OC)c1OC. The summed E-state index contributed by atoms with van der Waals surface area (Å²) in [4.78, 5) is 6.64. The summed E-state index contributed by atoms with van der Waals surface area (Å²) in [5.74, 6) is 1.37. The van der Waals surface area contributed by atoms with Crippen molar-refractivity contribution in [3.05, 3.63) is 72.6 Å². The van der Waals surface area contributed by atoms with E-state index >= 15 is 0 Å². The van der Waals surface area contributed by atoms with E-state index in [0.29, 0.717) is 39.9 Å². The summed E-state index contributed by atoms with van der Waals surface area (Å²) >= 11 is 0. The molecule has 0 N–H and O–H groups in total. The predicted molar refractivity (Wildman–Crippen MR) is 133 cm³/mol. The third-order valence-corrected chi connectivity index (χ3v) is 5.84. The minimum absolute atomic E-state index is 0.447. The van der Waals surface area contributed by atoms with E-state index in [1.165, 1.54) is 33.5 Å².